The van der Waals surface area contributed by atoms with Crippen molar-refractivity contribution in [2.75, 3.05) is 0 Å². The third-order valence-corrected chi connectivity index (χ3v) is 6.81. The molecule has 2 aromatic heterocycles. The minimum atomic E-state index is -0.184. The van der Waals surface area contributed by atoms with Gasteiger partial charge in [0.05, 0.1) is 16.4 Å². The number of aryl methyl sites for hydroxylation is 2. The van der Waals surface area contributed by atoms with Crippen LogP contribution in [-0.2, 0) is 10.5 Å². The standard InChI is InChI=1S/C19H29N3O2S2/c1-6-7-8-9-11(2)20-17(23)14(5)25-10-15-21-18(24)16-12(3)13(4)26-19(16)22-15/h11,14H,6-10H2,1-5H3,(H,20,23)(H,21,22,24). The van der Waals surface area contributed by atoms with E-state index in [0.29, 0.717) is 17.0 Å². The molecule has 0 aliphatic carbocycles. The van der Waals surface area contributed by atoms with E-state index >= 15 is 0 Å². The Bertz CT molecular complexity index is 813. The summed E-state index contributed by atoms with van der Waals surface area (Å²) >= 11 is 3.04. The van der Waals surface area contributed by atoms with Gasteiger partial charge in [-0.3, -0.25) is 9.59 Å². The molecule has 0 saturated heterocycles. The lowest BCUT2D eigenvalue weighted by molar-refractivity contribution is -0.120. The van der Waals surface area contributed by atoms with Gasteiger partial charge in [-0.15, -0.1) is 23.1 Å². The second-order valence-corrected chi connectivity index (χ2v) is 9.37. The number of rotatable bonds is 9. The number of amides is 1. The van der Waals surface area contributed by atoms with Crippen LogP contribution in [0.2, 0.25) is 0 Å². The summed E-state index contributed by atoms with van der Waals surface area (Å²) in [6.07, 6.45) is 4.54. The maximum atomic E-state index is 12.3. The van der Waals surface area contributed by atoms with Crippen molar-refractivity contribution in [2.24, 2.45) is 0 Å². The molecule has 2 heterocycles. The molecule has 0 aliphatic heterocycles. The van der Waals surface area contributed by atoms with Gasteiger partial charge in [-0.2, -0.15) is 0 Å². The highest BCUT2D eigenvalue weighted by Crippen LogP contribution is 2.26. The molecule has 0 spiro atoms. The maximum Gasteiger partial charge on any atom is 0.259 e. The van der Waals surface area contributed by atoms with Gasteiger partial charge in [-0.05, 0) is 39.7 Å². The van der Waals surface area contributed by atoms with E-state index in [1.165, 1.54) is 24.6 Å². The Labute approximate surface area is 163 Å². The monoisotopic (exact) mass is 395 g/mol. The van der Waals surface area contributed by atoms with Crippen molar-refractivity contribution < 1.29 is 4.79 Å². The number of nitrogens with zero attached hydrogens (tertiary/aromatic N) is 1. The molecule has 0 bridgehead atoms. The van der Waals surface area contributed by atoms with Crippen molar-refractivity contribution in [2.45, 2.75) is 77.3 Å². The zero-order valence-electron chi connectivity index (χ0n) is 16.3. The average molecular weight is 396 g/mol. The molecule has 26 heavy (non-hydrogen) atoms. The quantitative estimate of drug-likeness (QED) is 0.621. The predicted octanol–water partition coefficient (Wildman–Crippen LogP) is 4.31. The van der Waals surface area contributed by atoms with Gasteiger partial charge in [0, 0.05) is 10.9 Å². The number of thioether (sulfide) groups is 1. The Hall–Kier alpha value is -1.34. The van der Waals surface area contributed by atoms with E-state index in [9.17, 15) is 9.59 Å². The van der Waals surface area contributed by atoms with Gasteiger partial charge < -0.3 is 10.3 Å². The topological polar surface area (TPSA) is 74.8 Å². The van der Waals surface area contributed by atoms with Crippen LogP contribution in [0.5, 0.6) is 0 Å². The first-order valence-electron chi connectivity index (χ1n) is 9.24. The second-order valence-electron chi connectivity index (χ2n) is 6.83. The highest BCUT2D eigenvalue weighted by Gasteiger charge is 2.17. The fraction of sp³-hybridized carbons (Fsp3) is 0.632. The van der Waals surface area contributed by atoms with Gasteiger partial charge in [0.1, 0.15) is 10.7 Å². The normalized spacial score (nSPS) is 13.7. The molecule has 2 unspecified atom stereocenters. The van der Waals surface area contributed by atoms with Gasteiger partial charge in [0.15, 0.2) is 0 Å². The Morgan fingerprint density at radius 1 is 1.31 bits per heavy atom. The van der Waals surface area contributed by atoms with Crippen LogP contribution in [0.25, 0.3) is 10.2 Å². The Morgan fingerprint density at radius 2 is 2.04 bits per heavy atom. The van der Waals surface area contributed by atoms with Gasteiger partial charge in [-0.1, -0.05) is 26.2 Å². The van der Waals surface area contributed by atoms with Gasteiger partial charge in [0.25, 0.3) is 5.56 Å². The molecular formula is C19H29N3O2S2. The molecular weight excluding hydrogens is 366 g/mol. The molecule has 2 aromatic rings. The molecule has 7 heteroatoms. The minimum absolute atomic E-state index is 0.0465. The zero-order valence-corrected chi connectivity index (χ0v) is 17.9. The fourth-order valence-electron chi connectivity index (χ4n) is 2.78. The lowest BCUT2D eigenvalue weighted by Gasteiger charge is -2.17. The number of carbonyl (C=O) groups is 1. The van der Waals surface area contributed by atoms with Crippen LogP contribution >= 0.6 is 23.1 Å². The number of aromatic nitrogens is 2. The van der Waals surface area contributed by atoms with E-state index in [2.05, 4.69) is 29.1 Å². The average Bonchev–Trinajstić information content (AvgIpc) is 2.87. The van der Waals surface area contributed by atoms with E-state index in [0.717, 1.165) is 28.1 Å². The largest absolute Gasteiger partial charge is 0.353 e. The Balaban J connectivity index is 1.92. The Morgan fingerprint density at radius 3 is 2.73 bits per heavy atom. The number of aromatic amines is 1. The molecule has 0 aromatic carbocycles. The van der Waals surface area contributed by atoms with Crippen LogP contribution in [0, 0.1) is 13.8 Å². The number of thiophene rings is 1. The molecule has 144 valence electrons. The molecule has 0 aliphatic rings. The number of fused-ring (bicyclic) bond motifs is 1. The predicted molar refractivity (Wildman–Crippen MR) is 112 cm³/mol. The van der Waals surface area contributed by atoms with Crippen molar-refractivity contribution in [1.82, 2.24) is 15.3 Å². The minimum Gasteiger partial charge on any atom is -0.353 e. The van der Waals surface area contributed by atoms with E-state index in [1.54, 1.807) is 11.3 Å². The summed E-state index contributed by atoms with van der Waals surface area (Å²) in [5.74, 6) is 1.19. The van der Waals surface area contributed by atoms with Crippen molar-refractivity contribution >= 4 is 39.2 Å². The molecule has 2 atom stereocenters. The summed E-state index contributed by atoms with van der Waals surface area (Å²) in [6, 6.07) is 0.198. The molecule has 2 rings (SSSR count). The first kappa shape index (κ1) is 21.0. The first-order chi connectivity index (χ1) is 12.3. The molecule has 0 radical (unpaired) electrons. The van der Waals surface area contributed by atoms with Gasteiger partial charge >= 0.3 is 0 Å². The van der Waals surface area contributed by atoms with E-state index < -0.39 is 0 Å². The number of unbranched alkanes of at least 4 members (excludes halogenated alkanes) is 2. The number of nitrogens with one attached hydrogen (secondary N) is 2. The summed E-state index contributed by atoms with van der Waals surface area (Å²) in [6.45, 7) is 10.1. The van der Waals surface area contributed by atoms with Crippen molar-refractivity contribution in [3.63, 3.8) is 0 Å². The highest BCUT2D eigenvalue weighted by molar-refractivity contribution is 7.99. The summed E-state index contributed by atoms with van der Waals surface area (Å²) in [4.78, 5) is 33.9. The lowest BCUT2D eigenvalue weighted by atomic mass is 10.1. The van der Waals surface area contributed by atoms with Crippen LogP contribution < -0.4 is 10.9 Å². The molecule has 0 saturated carbocycles. The van der Waals surface area contributed by atoms with Crippen LogP contribution in [0.3, 0.4) is 0 Å². The molecule has 0 fully saturated rings. The smallest absolute Gasteiger partial charge is 0.259 e. The molecule has 1 amide bonds. The van der Waals surface area contributed by atoms with Crippen LogP contribution in [0.15, 0.2) is 4.79 Å². The van der Waals surface area contributed by atoms with Crippen LogP contribution in [-0.4, -0.2) is 27.2 Å². The second kappa shape index (κ2) is 9.55. The van der Waals surface area contributed by atoms with Crippen LogP contribution in [0.4, 0.5) is 0 Å². The lowest BCUT2D eigenvalue weighted by Crippen LogP contribution is -2.37. The molecule has 5 nitrogen and oxygen atoms in total. The number of hydrogen-bond acceptors (Lipinski definition) is 5. The first-order valence-corrected chi connectivity index (χ1v) is 11.1. The summed E-state index contributed by atoms with van der Waals surface area (Å²) < 4.78 is 0. The van der Waals surface area contributed by atoms with Gasteiger partial charge in [-0.25, -0.2) is 4.98 Å². The summed E-state index contributed by atoms with van der Waals surface area (Å²) in [7, 11) is 0. The van der Waals surface area contributed by atoms with Gasteiger partial charge in [0.2, 0.25) is 5.91 Å². The SMILES string of the molecule is CCCCCC(C)NC(=O)C(C)SCc1nc2sc(C)c(C)c2c(=O)[nH]1. The molecule has 2 N–H and O–H groups in total. The maximum absolute atomic E-state index is 12.3. The third kappa shape index (κ3) is 5.33. The number of hydrogen-bond donors (Lipinski definition) is 2. The van der Waals surface area contributed by atoms with Crippen molar-refractivity contribution in [3.8, 4) is 0 Å². The fourth-order valence-corrected chi connectivity index (χ4v) is 4.59. The Kier molecular flexibility index (Phi) is 7.70. The van der Waals surface area contributed by atoms with E-state index in [1.807, 2.05) is 20.8 Å². The zero-order chi connectivity index (χ0) is 19.3. The summed E-state index contributed by atoms with van der Waals surface area (Å²) in [5.41, 5.74) is 0.914. The van der Waals surface area contributed by atoms with Crippen molar-refractivity contribution in [3.05, 3.63) is 26.6 Å². The third-order valence-electron chi connectivity index (χ3n) is 4.56. The number of H-pyrrole nitrogens is 1. The highest BCUT2D eigenvalue weighted by atomic mass is 32.2. The van der Waals surface area contributed by atoms with E-state index in [-0.39, 0.29) is 22.8 Å². The van der Waals surface area contributed by atoms with Crippen molar-refractivity contribution in [1.29, 1.82) is 0 Å². The number of carbonyl (C=O) groups excluding carboxylic acids is 1. The van der Waals surface area contributed by atoms with Crippen LogP contribution in [0.1, 0.15) is 62.7 Å². The van der Waals surface area contributed by atoms with E-state index in [4.69, 9.17) is 0 Å². The summed E-state index contributed by atoms with van der Waals surface area (Å²) in [5, 5.41) is 3.58.